The summed E-state index contributed by atoms with van der Waals surface area (Å²) in [5.41, 5.74) is 9.72. The Morgan fingerprint density at radius 2 is 1.57 bits per heavy atom. The van der Waals surface area contributed by atoms with Gasteiger partial charge in [-0.25, -0.2) is 0 Å². The summed E-state index contributed by atoms with van der Waals surface area (Å²) >= 11 is 0. The number of carbonyl (C=O) groups is 1. The van der Waals surface area contributed by atoms with Gasteiger partial charge in [0.1, 0.15) is 5.41 Å². The zero-order valence-corrected chi connectivity index (χ0v) is 13.6. The topological polar surface area (TPSA) is 55.1 Å². The van der Waals surface area contributed by atoms with Crippen molar-refractivity contribution in [2.45, 2.75) is 31.6 Å². The van der Waals surface area contributed by atoms with Gasteiger partial charge in [0.2, 0.25) is 5.91 Å². The third-order valence-corrected chi connectivity index (χ3v) is 4.79. The maximum atomic E-state index is 13.1. The summed E-state index contributed by atoms with van der Waals surface area (Å²) in [6.07, 6.45) is 2.67. The number of nitrogens with two attached hydrogens (primary N) is 1. The number of unbranched alkanes of at least 4 members (excludes halogenated alkanes) is 1. The fraction of sp³-hybridized carbons (Fsp3) is 0.350. The van der Waals surface area contributed by atoms with Crippen LogP contribution in [0.1, 0.15) is 37.3 Å². The molecule has 0 aliphatic heterocycles. The van der Waals surface area contributed by atoms with Crippen LogP contribution in [0.3, 0.4) is 0 Å². The molecule has 120 valence electrons. The van der Waals surface area contributed by atoms with E-state index in [9.17, 15) is 4.79 Å². The highest BCUT2D eigenvalue weighted by atomic mass is 16.2. The van der Waals surface area contributed by atoms with Crippen LogP contribution < -0.4 is 11.1 Å². The van der Waals surface area contributed by atoms with E-state index in [2.05, 4.69) is 29.6 Å². The molecule has 0 saturated carbocycles. The van der Waals surface area contributed by atoms with Crippen LogP contribution in [-0.2, 0) is 10.2 Å². The molecule has 2 aromatic carbocycles. The van der Waals surface area contributed by atoms with Crippen molar-refractivity contribution >= 4 is 5.91 Å². The van der Waals surface area contributed by atoms with Gasteiger partial charge in [-0.1, -0.05) is 55.0 Å². The van der Waals surface area contributed by atoms with Crippen molar-refractivity contribution in [3.63, 3.8) is 0 Å². The van der Waals surface area contributed by atoms with E-state index in [1.807, 2.05) is 31.2 Å². The van der Waals surface area contributed by atoms with E-state index in [-0.39, 0.29) is 5.91 Å². The zero-order valence-electron chi connectivity index (χ0n) is 13.6. The number of carbonyl (C=O) groups excluding carboxylic acids is 1. The Kier molecular flexibility index (Phi) is 4.49. The number of benzene rings is 2. The van der Waals surface area contributed by atoms with Crippen LogP contribution in [0.25, 0.3) is 11.1 Å². The third-order valence-electron chi connectivity index (χ3n) is 4.79. The molecule has 1 amide bonds. The van der Waals surface area contributed by atoms with Crippen LogP contribution in [-0.4, -0.2) is 19.0 Å². The van der Waals surface area contributed by atoms with Crippen LogP contribution in [0.4, 0.5) is 0 Å². The molecule has 23 heavy (non-hydrogen) atoms. The van der Waals surface area contributed by atoms with Crippen molar-refractivity contribution in [2.75, 3.05) is 13.1 Å². The van der Waals surface area contributed by atoms with Crippen LogP contribution in [0.5, 0.6) is 0 Å². The molecule has 0 saturated heterocycles. The molecular weight excluding hydrogens is 284 g/mol. The van der Waals surface area contributed by atoms with E-state index >= 15 is 0 Å². The van der Waals surface area contributed by atoms with E-state index in [4.69, 9.17) is 5.73 Å². The number of hydrogen-bond acceptors (Lipinski definition) is 2. The molecule has 0 fully saturated rings. The lowest BCUT2D eigenvalue weighted by Crippen LogP contribution is -2.44. The number of nitrogens with one attached hydrogen (secondary N) is 1. The predicted octanol–water partition coefficient (Wildman–Crippen LogP) is 3.22. The van der Waals surface area contributed by atoms with E-state index in [1.54, 1.807) is 0 Å². The SMILES string of the molecule is CCNC(=O)C1(CCCCN)c2ccccc2-c2ccccc21. The lowest BCUT2D eigenvalue weighted by atomic mass is 9.73. The number of fused-ring (bicyclic) bond motifs is 3. The number of hydrogen-bond donors (Lipinski definition) is 2. The molecule has 0 atom stereocenters. The fourth-order valence-corrected chi connectivity index (χ4v) is 3.80. The Labute approximate surface area is 137 Å². The Morgan fingerprint density at radius 3 is 2.09 bits per heavy atom. The molecule has 3 heteroatoms. The highest BCUT2D eigenvalue weighted by Crippen LogP contribution is 2.51. The fourth-order valence-electron chi connectivity index (χ4n) is 3.80. The van der Waals surface area contributed by atoms with Crippen LogP contribution in [0.15, 0.2) is 48.5 Å². The van der Waals surface area contributed by atoms with Gasteiger partial charge >= 0.3 is 0 Å². The molecule has 3 nitrogen and oxygen atoms in total. The minimum atomic E-state index is -0.585. The van der Waals surface area contributed by atoms with Gasteiger partial charge in [-0.05, 0) is 48.6 Å². The molecule has 1 aliphatic rings. The normalized spacial score (nSPS) is 14.2. The molecule has 3 N–H and O–H groups in total. The maximum absolute atomic E-state index is 13.1. The lowest BCUT2D eigenvalue weighted by molar-refractivity contribution is -0.125. The largest absolute Gasteiger partial charge is 0.355 e. The molecule has 0 spiro atoms. The van der Waals surface area contributed by atoms with Gasteiger partial charge in [0.15, 0.2) is 0 Å². The van der Waals surface area contributed by atoms with Gasteiger partial charge in [0.25, 0.3) is 0 Å². The first kappa shape index (κ1) is 15.8. The van der Waals surface area contributed by atoms with Gasteiger partial charge in [-0.15, -0.1) is 0 Å². The second kappa shape index (κ2) is 6.55. The molecular formula is C20H24N2O. The summed E-state index contributed by atoms with van der Waals surface area (Å²) in [6.45, 7) is 3.27. The molecule has 2 aromatic rings. The van der Waals surface area contributed by atoms with Crippen molar-refractivity contribution in [3.05, 3.63) is 59.7 Å². The molecule has 0 radical (unpaired) electrons. The number of amides is 1. The average molecular weight is 308 g/mol. The number of likely N-dealkylation sites (N-methyl/N-ethyl adjacent to an activating group) is 1. The van der Waals surface area contributed by atoms with Crippen molar-refractivity contribution < 1.29 is 4.79 Å². The van der Waals surface area contributed by atoms with Gasteiger partial charge in [-0.3, -0.25) is 4.79 Å². The Hall–Kier alpha value is -2.13. The molecule has 1 aliphatic carbocycles. The zero-order chi connectivity index (χ0) is 16.3. The quantitative estimate of drug-likeness (QED) is 0.805. The molecule has 0 unspecified atom stereocenters. The summed E-state index contributed by atoms with van der Waals surface area (Å²) in [4.78, 5) is 13.1. The second-order valence-electron chi connectivity index (χ2n) is 6.10. The van der Waals surface area contributed by atoms with Gasteiger partial charge < -0.3 is 11.1 Å². The first-order valence-corrected chi connectivity index (χ1v) is 8.43. The van der Waals surface area contributed by atoms with E-state index in [0.29, 0.717) is 13.1 Å². The summed E-state index contributed by atoms with van der Waals surface area (Å²) < 4.78 is 0. The smallest absolute Gasteiger partial charge is 0.235 e. The second-order valence-corrected chi connectivity index (χ2v) is 6.10. The Morgan fingerprint density at radius 1 is 1.00 bits per heavy atom. The van der Waals surface area contributed by atoms with Crippen LogP contribution in [0, 0.1) is 0 Å². The standard InChI is InChI=1S/C20H24N2O/c1-2-22-19(23)20(13-7-8-14-21)17-11-5-3-9-15(17)16-10-4-6-12-18(16)20/h3-6,9-12H,2,7-8,13-14,21H2,1H3,(H,22,23). The highest BCUT2D eigenvalue weighted by molar-refractivity contribution is 6.00. The summed E-state index contributed by atoms with van der Waals surface area (Å²) in [5, 5.41) is 3.07. The Balaban J connectivity index is 2.18. The minimum absolute atomic E-state index is 0.106. The van der Waals surface area contributed by atoms with Crippen molar-refractivity contribution in [3.8, 4) is 11.1 Å². The van der Waals surface area contributed by atoms with Crippen molar-refractivity contribution in [2.24, 2.45) is 5.73 Å². The summed E-state index contributed by atoms with van der Waals surface area (Å²) in [5.74, 6) is 0.106. The maximum Gasteiger partial charge on any atom is 0.235 e. The summed E-state index contributed by atoms with van der Waals surface area (Å²) in [7, 11) is 0. The van der Waals surface area contributed by atoms with E-state index in [1.165, 1.54) is 11.1 Å². The van der Waals surface area contributed by atoms with Crippen LogP contribution in [0.2, 0.25) is 0 Å². The molecule has 0 aromatic heterocycles. The predicted molar refractivity (Wildman–Crippen MR) is 94.2 cm³/mol. The van der Waals surface area contributed by atoms with Crippen molar-refractivity contribution in [1.29, 1.82) is 0 Å². The highest BCUT2D eigenvalue weighted by Gasteiger charge is 2.48. The lowest BCUT2D eigenvalue weighted by Gasteiger charge is -2.30. The first-order valence-electron chi connectivity index (χ1n) is 8.43. The molecule has 3 rings (SSSR count). The van der Waals surface area contributed by atoms with Crippen molar-refractivity contribution in [1.82, 2.24) is 5.32 Å². The van der Waals surface area contributed by atoms with Gasteiger partial charge in [-0.2, -0.15) is 0 Å². The van der Waals surface area contributed by atoms with Gasteiger partial charge in [0.05, 0.1) is 0 Å². The molecule has 0 bridgehead atoms. The summed E-state index contributed by atoms with van der Waals surface area (Å²) in [6, 6.07) is 16.6. The minimum Gasteiger partial charge on any atom is -0.355 e. The van der Waals surface area contributed by atoms with E-state index < -0.39 is 5.41 Å². The monoisotopic (exact) mass is 308 g/mol. The van der Waals surface area contributed by atoms with Gasteiger partial charge in [0, 0.05) is 6.54 Å². The first-order chi connectivity index (χ1) is 11.3. The Bertz CT molecular complexity index is 663. The van der Waals surface area contributed by atoms with E-state index in [0.717, 1.165) is 30.4 Å². The number of rotatable bonds is 6. The molecule has 0 heterocycles. The average Bonchev–Trinajstić information content (AvgIpc) is 2.87. The third kappa shape index (κ3) is 2.45. The van der Waals surface area contributed by atoms with Crippen LogP contribution >= 0.6 is 0 Å².